The number of imidazole rings is 2. The van der Waals surface area contributed by atoms with E-state index in [0.29, 0.717) is 13.1 Å². The van der Waals surface area contributed by atoms with Crippen LogP contribution in [0.2, 0.25) is 0 Å². The maximum absolute atomic E-state index is 10.2. The van der Waals surface area contributed by atoms with Crippen LogP contribution in [0.1, 0.15) is 39.8 Å². The molecular weight excluding hydrogens is 571 g/mol. The van der Waals surface area contributed by atoms with Crippen molar-refractivity contribution >= 4 is 11.4 Å². The molecule has 0 saturated carbocycles. The van der Waals surface area contributed by atoms with Gasteiger partial charge in [-0.05, 0) is 27.7 Å². The molecule has 0 fully saturated rings. The minimum Gasteiger partial charge on any atom is -1.00 e. The van der Waals surface area contributed by atoms with Crippen LogP contribution < -0.4 is 43.1 Å². The Morgan fingerprint density at radius 1 is 0.806 bits per heavy atom. The number of aromatic nitrogens is 4. The molecule has 0 aliphatic rings. The van der Waals surface area contributed by atoms with Crippen molar-refractivity contribution in [3.63, 3.8) is 0 Å². The van der Waals surface area contributed by atoms with Gasteiger partial charge in [0.05, 0.1) is 50.8 Å². The van der Waals surface area contributed by atoms with Gasteiger partial charge < -0.3 is 44.2 Å². The summed E-state index contributed by atoms with van der Waals surface area (Å²) in [5.74, 6) is 0. The van der Waals surface area contributed by atoms with Crippen molar-refractivity contribution < 1.29 is 70.4 Å². The number of hydrogen-bond acceptors (Lipinski definition) is 4. The molecule has 1 radical (unpaired) electrons. The van der Waals surface area contributed by atoms with E-state index in [1.807, 2.05) is 83.7 Å². The quantitative estimate of drug-likeness (QED) is 0.130. The zero-order valence-electron chi connectivity index (χ0n) is 18.9. The second kappa shape index (κ2) is 15.1. The van der Waals surface area contributed by atoms with Crippen LogP contribution in [-0.4, -0.2) is 56.1 Å². The maximum atomic E-state index is 10.2. The van der Waals surface area contributed by atoms with E-state index in [0.717, 1.165) is 11.4 Å². The Bertz CT molecular complexity index is 767. The largest absolute Gasteiger partial charge is 1.00 e. The van der Waals surface area contributed by atoms with Gasteiger partial charge in [-0.2, -0.15) is 0 Å². The zero-order valence-corrected chi connectivity index (χ0v) is 23.3. The monoisotopic (exact) mass is 603 g/mol. The van der Waals surface area contributed by atoms with Gasteiger partial charge >= 0.3 is 0 Å². The third kappa shape index (κ3) is 9.27. The predicted octanol–water partition coefficient (Wildman–Crippen LogP) is -5.59. The van der Waals surface area contributed by atoms with E-state index < -0.39 is 12.2 Å². The minimum atomic E-state index is -0.546. The molecule has 31 heavy (non-hydrogen) atoms. The minimum absolute atomic E-state index is 0. The Morgan fingerprint density at radius 2 is 1.13 bits per heavy atom. The first-order chi connectivity index (χ1) is 13.2. The standard InChI is InChI=1S/C20H34N6O2.2BrH.Mn/c1-15(19(17(3)27)25-11-9-23(5)13-25)21-7-8-22-16(2)20(18(4)28)26-12-10-24(6)14-26;;;/h9-14,17-20,27-28H,7-8H2,1-6H3;2*1H;/q+2;;;/p-2. The van der Waals surface area contributed by atoms with Crippen molar-refractivity contribution in [1.82, 2.24) is 9.13 Å². The van der Waals surface area contributed by atoms with Crippen molar-refractivity contribution in [2.45, 2.75) is 52.0 Å². The van der Waals surface area contributed by atoms with Gasteiger partial charge in [0.25, 0.3) is 0 Å². The van der Waals surface area contributed by atoms with Crippen molar-refractivity contribution in [2.24, 2.45) is 24.1 Å². The number of aliphatic imine (C=N–C) groups is 2. The van der Waals surface area contributed by atoms with E-state index in [-0.39, 0.29) is 63.1 Å². The maximum Gasteiger partial charge on any atom is 0.244 e. The Hall–Kier alpha value is -0.841. The smallest absolute Gasteiger partial charge is 0.244 e. The Balaban J connectivity index is 0. The van der Waals surface area contributed by atoms with E-state index in [1.165, 1.54) is 0 Å². The van der Waals surface area contributed by atoms with Gasteiger partial charge in [0.15, 0.2) is 12.1 Å². The third-order valence-electron chi connectivity index (χ3n) is 4.81. The molecule has 4 atom stereocenters. The average molecular weight is 605 g/mol. The fourth-order valence-electron chi connectivity index (χ4n) is 3.54. The summed E-state index contributed by atoms with van der Waals surface area (Å²) in [7, 11) is 3.89. The molecule has 0 saturated heterocycles. The summed E-state index contributed by atoms with van der Waals surface area (Å²) < 4.78 is 7.81. The molecule has 0 aromatic carbocycles. The van der Waals surface area contributed by atoms with E-state index in [9.17, 15) is 10.2 Å². The van der Waals surface area contributed by atoms with Crippen LogP contribution in [0.25, 0.3) is 0 Å². The first-order valence-electron chi connectivity index (χ1n) is 9.64. The van der Waals surface area contributed by atoms with E-state index in [4.69, 9.17) is 0 Å². The molecule has 0 aliphatic carbocycles. The fraction of sp³-hybridized carbons (Fsp3) is 0.600. The van der Waals surface area contributed by atoms with Crippen LogP contribution in [0.3, 0.4) is 0 Å². The molecule has 2 rings (SSSR count). The first-order valence-corrected chi connectivity index (χ1v) is 9.64. The van der Waals surface area contributed by atoms with E-state index in [2.05, 4.69) is 9.98 Å². The number of rotatable bonds is 9. The van der Waals surface area contributed by atoms with Crippen molar-refractivity contribution in [2.75, 3.05) is 13.1 Å². The normalized spacial score (nSPS) is 15.7. The van der Waals surface area contributed by atoms with E-state index >= 15 is 0 Å². The number of aryl methyl sites for hydroxylation is 2. The van der Waals surface area contributed by atoms with Crippen molar-refractivity contribution in [3.05, 3.63) is 37.4 Å². The second-order valence-corrected chi connectivity index (χ2v) is 7.47. The Labute approximate surface area is 216 Å². The second-order valence-electron chi connectivity index (χ2n) is 7.47. The average Bonchev–Trinajstić information content (AvgIpc) is 3.20. The number of aliphatic hydroxyl groups is 2. The van der Waals surface area contributed by atoms with Gasteiger partial charge in [0, 0.05) is 17.1 Å². The number of aliphatic hydroxyl groups excluding tert-OH is 2. The Kier molecular flexibility index (Phi) is 15.7. The third-order valence-corrected chi connectivity index (χ3v) is 4.81. The van der Waals surface area contributed by atoms with Crippen LogP contribution in [0.15, 0.2) is 47.4 Å². The molecular formula is C20H34Br2MnN6O2. The Morgan fingerprint density at radius 3 is 1.35 bits per heavy atom. The summed E-state index contributed by atoms with van der Waals surface area (Å²) in [6, 6.07) is -0.396. The van der Waals surface area contributed by atoms with E-state index in [1.54, 1.807) is 13.8 Å². The zero-order chi connectivity index (χ0) is 20.8. The van der Waals surface area contributed by atoms with Gasteiger partial charge in [-0.1, -0.05) is 0 Å². The predicted molar refractivity (Wildman–Crippen MR) is 109 cm³/mol. The molecule has 2 aromatic rings. The summed E-state index contributed by atoms with van der Waals surface area (Å²) in [6.07, 6.45) is 10.5. The van der Waals surface area contributed by atoms with Crippen molar-refractivity contribution in [3.8, 4) is 0 Å². The molecule has 0 spiro atoms. The van der Waals surface area contributed by atoms with Crippen molar-refractivity contribution in [1.29, 1.82) is 0 Å². The molecule has 4 unspecified atom stereocenters. The molecule has 177 valence electrons. The molecule has 0 aliphatic heterocycles. The molecule has 11 heteroatoms. The molecule has 2 aromatic heterocycles. The first kappa shape index (κ1) is 32.3. The molecule has 0 amide bonds. The number of halogens is 2. The van der Waals surface area contributed by atoms with Gasteiger partial charge in [-0.25, -0.2) is 18.3 Å². The molecule has 0 bridgehead atoms. The van der Waals surface area contributed by atoms with Gasteiger partial charge in [-0.3, -0.25) is 9.98 Å². The molecule has 2 N–H and O–H groups in total. The topological polar surface area (TPSA) is 82.8 Å². The van der Waals surface area contributed by atoms with Gasteiger partial charge in [0.1, 0.15) is 24.8 Å². The van der Waals surface area contributed by atoms with Gasteiger partial charge in [0.2, 0.25) is 12.7 Å². The molecule has 2 heterocycles. The molecule has 8 nitrogen and oxygen atoms in total. The summed E-state index contributed by atoms with van der Waals surface area (Å²) in [5.41, 5.74) is 1.73. The van der Waals surface area contributed by atoms with Crippen LogP contribution >= 0.6 is 0 Å². The van der Waals surface area contributed by atoms with Crippen LogP contribution in [0.5, 0.6) is 0 Å². The summed E-state index contributed by atoms with van der Waals surface area (Å²) in [5, 5.41) is 20.4. The van der Waals surface area contributed by atoms with Gasteiger partial charge in [-0.15, -0.1) is 0 Å². The summed E-state index contributed by atoms with van der Waals surface area (Å²) >= 11 is 0. The SMILES string of the molecule is CC(=NCCN=C(C)C(C(C)O)n1cc[n+](C)c1)C(C(C)O)n1cc[n+](C)c1.[Br-].[Br-].[Mn]. The number of hydrogen-bond donors (Lipinski definition) is 2. The summed E-state index contributed by atoms with van der Waals surface area (Å²) in [4.78, 5) is 9.26. The number of nitrogens with zero attached hydrogens (tertiary/aromatic N) is 6. The van der Waals surface area contributed by atoms with Crippen LogP contribution in [-0.2, 0) is 31.2 Å². The van der Waals surface area contributed by atoms with Crippen LogP contribution in [0, 0.1) is 0 Å². The van der Waals surface area contributed by atoms with Crippen LogP contribution in [0.4, 0.5) is 0 Å². The summed E-state index contributed by atoms with van der Waals surface area (Å²) in [6.45, 7) is 8.49. The fourth-order valence-corrected chi connectivity index (χ4v) is 3.54.